The van der Waals surface area contributed by atoms with Crippen molar-refractivity contribution in [2.45, 2.75) is 4.90 Å². The van der Waals surface area contributed by atoms with Crippen molar-refractivity contribution in [1.82, 2.24) is 25.6 Å². The van der Waals surface area contributed by atoms with Crippen LogP contribution in [0.1, 0.15) is 0 Å². The number of fused-ring (bicyclic) bond motifs is 1. The number of benzene rings is 2. The topological polar surface area (TPSA) is 87.3 Å². The molecule has 0 fully saturated rings. The molecular weight excluding hydrogens is 310 g/mol. The molecule has 0 amide bonds. The number of nitrogens with zero attached hydrogens (tertiary/aromatic N) is 3. The Labute approximate surface area is 134 Å². The lowest BCUT2D eigenvalue weighted by Crippen LogP contribution is -1.87. The van der Waals surface area contributed by atoms with Crippen LogP contribution in [0, 0.1) is 0 Å². The first-order valence-electron chi connectivity index (χ1n) is 7.00. The van der Waals surface area contributed by atoms with Crippen molar-refractivity contribution in [3.63, 3.8) is 0 Å². The standard InChI is InChI=1S/C16H13N5OS/c1-23(22)12-5-2-10(3-6-12)16-13-8-11(15-9-17-21-19-15)4-7-14(13)18-20-16/h2-9H,1H3,(H,18,20)(H,17,19,21). The predicted molar refractivity (Wildman–Crippen MR) is 89.2 cm³/mol. The summed E-state index contributed by atoms with van der Waals surface area (Å²) < 4.78 is 11.5. The van der Waals surface area contributed by atoms with Crippen LogP contribution in [0.5, 0.6) is 0 Å². The first-order chi connectivity index (χ1) is 11.2. The van der Waals surface area contributed by atoms with Gasteiger partial charge in [0.25, 0.3) is 0 Å². The zero-order chi connectivity index (χ0) is 15.8. The lowest BCUT2D eigenvalue weighted by atomic mass is 10.0. The van der Waals surface area contributed by atoms with E-state index < -0.39 is 10.8 Å². The summed E-state index contributed by atoms with van der Waals surface area (Å²) in [6.07, 6.45) is 3.36. The van der Waals surface area contributed by atoms with Gasteiger partial charge in [-0.2, -0.15) is 20.5 Å². The van der Waals surface area contributed by atoms with E-state index in [1.54, 1.807) is 12.5 Å². The van der Waals surface area contributed by atoms with E-state index in [9.17, 15) is 4.21 Å². The molecule has 4 aromatic rings. The van der Waals surface area contributed by atoms with Gasteiger partial charge in [0, 0.05) is 38.5 Å². The molecule has 2 aromatic heterocycles. The van der Waals surface area contributed by atoms with Crippen LogP contribution >= 0.6 is 0 Å². The highest BCUT2D eigenvalue weighted by molar-refractivity contribution is 7.84. The second-order valence-corrected chi connectivity index (χ2v) is 6.55. The van der Waals surface area contributed by atoms with E-state index in [1.165, 1.54) is 0 Å². The third kappa shape index (κ3) is 2.44. The van der Waals surface area contributed by atoms with Gasteiger partial charge in [-0.15, -0.1) is 0 Å². The number of H-pyrrole nitrogens is 2. The van der Waals surface area contributed by atoms with E-state index in [4.69, 9.17) is 0 Å². The Morgan fingerprint density at radius 3 is 2.48 bits per heavy atom. The predicted octanol–water partition coefficient (Wildman–Crippen LogP) is 2.75. The number of hydrogen-bond donors (Lipinski definition) is 2. The van der Waals surface area contributed by atoms with Crippen LogP contribution in [-0.4, -0.2) is 36.1 Å². The minimum atomic E-state index is -0.982. The van der Waals surface area contributed by atoms with Gasteiger partial charge >= 0.3 is 0 Å². The van der Waals surface area contributed by atoms with Gasteiger partial charge in [0.05, 0.1) is 17.4 Å². The Morgan fingerprint density at radius 1 is 1.00 bits per heavy atom. The maximum absolute atomic E-state index is 11.5. The maximum Gasteiger partial charge on any atom is 0.112 e. The molecular formula is C16H13N5OS. The fourth-order valence-corrected chi connectivity index (χ4v) is 3.06. The summed E-state index contributed by atoms with van der Waals surface area (Å²) >= 11 is 0. The lowest BCUT2D eigenvalue weighted by Gasteiger charge is -2.01. The average molecular weight is 323 g/mol. The fraction of sp³-hybridized carbons (Fsp3) is 0.0625. The number of aromatic amines is 2. The van der Waals surface area contributed by atoms with Gasteiger partial charge in [0.2, 0.25) is 0 Å². The highest BCUT2D eigenvalue weighted by Gasteiger charge is 2.11. The average Bonchev–Trinajstić information content (AvgIpc) is 3.24. The third-order valence-corrected chi connectivity index (χ3v) is 4.67. The van der Waals surface area contributed by atoms with Crippen LogP contribution in [0.25, 0.3) is 33.4 Å². The van der Waals surface area contributed by atoms with Crippen LogP contribution in [0.3, 0.4) is 0 Å². The third-order valence-electron chi connectivity index (χ3n) is 3.73. The summed E-state index contributed by atoms with van der Waals surface area (Å²) in [4.78, 5) is 0.803. The molecule has 0 aliphatic heterocycles. The molecule has 0 aliphatic rings. The van der Waals surface area contributed by atoms with Crippen LogP contribution in [0.2, 0.25) is 0 Å². The molecule has 1 atom stereocenters. The lowest BCUT2D eigenvalue weighted by molar-refractivity contribution is 0.687. The van der Waals surface area contributed by atoms with Gasteiger partial charge in [-0.05, 0) is 24.3 Å². The van der Waals surface area contributed by atoms with Crippen LogP contribution < -0.4 is 0 Å². The molecule has 6 nitrogen and oxygen atoms in total. The molecule has 114 valence electrons. The quantitative estimate of drug-likeness (QED) is 0.607. The summed E-state index contributed by atoms with van der Waals surface area (Å²) in [6.45, 7) is 0. The number of aromatic nitrogens is 5. The maximum atomic E-state index is 11.5. The van der Waals surface area contributed by atoms with Crippen LogP contribution in [-0.2, 0) is 10.8 Å². The molecule has 0 radical (unpaired) electrons. The van der Waals surface area contributed by atoms with Crippen molar-refractivity contribution < 1.29 is 4.21 Å². The van der Waals surface area contributed by atoms with Gasteiger partial charge in [-0.3, -0.25) is 9.31 Å². The SMILES string of the molecule is CS(=O)c1ccc(-c2n[nH]c3ccc(-c4cn[nH]n4)cc23)cc1. The van der Waals surface area contributed by atoms with Crippen molar-refractivity contribution in [3.05, 3.63) is 48.7 Å². The summed E-state index contributed by atoms with van der Waals surface area (Å²) in [6, 6.07) is 13.6. The number of hydrogen-bond acceptors (Lipinski definition) is 4. The molecule has 23 heavy (non-hydrogen) atoms. The Hall–Kier alpha value is -2.80. The van der Waals surface area contributed by atoms with Crippen LogP contribution in [0.15, 0.2) is 53.6 Å². The first-order valence-corrected chi connectivity index (χ1v) is 8.56. The fourth-order valence-electron chi connectivity index (χ4n) is 2.54. The van der Waals surface area contributed by atoms with E-state index in [2.05, 4.69) is 25.6 Å². The largest absolute Gasteiger partial charge is 0.277 e. The summed E-state index contributed by atoms with van der Waals surface area (Å²) in [5.41, 5.74) is 4.55. The Balaban J connectivity index is 1.83. The second-order valence-electron chi connectivity index (χ2n) is 5.17. The zero-order valence-corrected chi connectivity index (χ0v) is 13.1. The monoisotopic (exact) mass is 323 g/mol. The molecule has 0 saturated heterocycles. The highest BCUT2D eigenvalue weighted by atomic mass is 32.2. The Bertz CT molecular complexity index is 989. The molecule has 2 aromatic carbocycles. The molecule has 0 bridgehead atoms. The summed E-state index contributed by atoms with van der Waals surface area (Å²) in [5.74, 6) is 0. The Kier molecular flexibility index (Phi) is 3.27. The molecule has 7 heteroatoms. The first kappa shape index (κ1) is 13.8. The van der Waals surface area contributed by atoms with Crippen molar-refractivity contribution >= 4 is 21.7 Å². The molecule has 0 aliphatic carbocycles. The molecule has 2 N–H and O–H groups in total. The minimum absolute atomic E-state index is 0.788. The van der Waals surface area contributed by atoms with Gasteiger partial charge < -0.3 is 0 Å². The van der Waals surface area contributed by atoms with Gasteiger partial charge in [0.15, 0.2) is 0 Å². The number of rotatable bonds is 3. The molecule has 0 spiro atoms. The van der Waals surface area contributed by atoms with Crippen molar-refractivity contribution in [2.24, 2.45) is 0 Å². The smallest absolute Gasteiger partial charge is 0.112 e. The van der Waals surface area contributed by atoms with E-state index in [0.29, 0.717) is 0 Å². The van der Waals surface area contributed by atoms with E-state index in [0.717, 1.165) is 38.3 Å². The minimum Gasteiger partial charge on any atom is -0.277 e. The number of nitrogens with one attached hydrogen (secondary N) is 2. The van der Waals surface area contributed by atoms with Crippen molar-refractivity contribution in [2.75, 3.05) is 6.26 Å². The Morgan fingerprint density at radius 2 is 1.78 bits per heavy atom. The highest BCUT2D eigenvalue weighted by Crippen LogP contribution is 2.30. The van der Waals surface area contributed by atoms with E-state index >= 15 is 0 Å². The molecule has 0 saturated carbocycles. The summed E-state index contributed by atoms with van der Waals surface area (Å²) in [7, 11) is -0.982. The van der Waals surface area contributed by atoms with Gasteiger partial charge in [0.1, 0.15) is 5.69 Å². The molecule has 2 heterocycles. The van der Waals surface area contributed by atoms with Gasteiger partial charge in [-0.25, -0.2) is 0 Å². The second kappa shape index (κ2) is 5.44. The zero-order valence-electron chi connectivity index (χ0n) is 12.3. The van der Waals surface area contributed by atoms with E-state index in [1.807, 2.05) is 42.5 Å². The molecule has 1 unspecified atom stereocenters. The normalized spacial score (nSPS) is 12.6. The van der Waals surface area contributed by atoms with Gasteiger partial charge in [-0.1, -0.05) is 18.2 Å². The van der Waals surface area contributed by atoms with E-state index in [-0.39, 0.29) is 0 Å². The van der Waals surface area contributed by atoms with Crippen LogP contribution in [0.4, 0.5) is 0 Å². The van der Waals surface area contributed by atoms with Crippen molar-refractivity contribution in [1.29, 1.82) is 0 Å². The molecule has 4 rings (SSSR count). The summed E-state index contributed by atoms with van der Waals surface area (Å²) in [5, 5.41) is 19.0. The van der Waals surface area contributed by atoms with Crippen molar-refractivity contribution in [3.8, 4) is 22.5 Å².